The van der Waals surface area contributed by atoms with Crippen LogP contribution in [0.15, 0.2) is 50.9 Å². The SMILES string of the molecule is COc1ccc(Op2oc3c(C(C)(C)C)cc(O)cc3c3cc(O)cc(C(C)(C)C)c3o2)c(C(C)(C)C)c1. The first kappa shape index (κ1) is 27.8. The summed E-state index contributed by atoms with van der Waals surface area (Å²) in [5, 5.41) is 22.7. The fourth-order valence-electron chi connectivity index (χ4n) is 4.53. The monoisotopic (exact) mass is 538 g/mol. The average molecular weight is 539 g/mol. The van der Waals surface area contributed by atoms with Crippen LogP contribution in [0.2, 0.25) is 0 Å². The number of hydrogen-bond donors (Lipinski definition) is 2. The van der Waals surface area contributed by atoms with Crippen LogP contribution in [-0.4, -0.2) is 17.3 Å². The maximum atomic E-state index is 10.7. The lowest BCUT2D eigenvalue weighted by Gasteiger charge is -2.22. The van der Waals surface area contributed by atoms with Gasteiger partial charge >= 0.3 is 8.24 Å². The molecule has 3 aromatic carbocycles. The highest BCUT2D eigenvalue weighted by Gasteiger charge is 2.27. The average Bonchev–Trinajstić information content (AvgIpc) is 2.93. The first-order valence-electron chi connectivity index (χ1n) is 12.8. The molecule has 38 heavy (non-hydrogen) atoms. The highest BCUT2D eigenvalue weighted by atomic mass is 31.1. The van der Waals surface area contributed by atoms with Crippen molar-refractivity contribution in [3.8, 4) is 23.0 Å². The third kappa shape index (κ3) is 5.47. The highest BCUT2D eigenvalue weighted by Crippen LogP contribution is 2.46. The first-order valence-corrected chi connectivity index (χ1v) is 13.9. The zero-order chi connectivity index (χ0) is 28.2. The number of phenols is 2. The molecule has 0 saturated heterocycles. The molecule has 6 nitrogen and oxygen atoms in total. The van der Waals surface area contributed by atoms with Crippen molar-refractivity contribution < 1.29 is 27.9 Å². The predicted molar refractivity (Wildman–Crippen MR) is 155 cm³/mol. The maximum Gasteiger partial charge on any atom is 0.453 e. The fourth-order valence-corrected chi connectivity index (χ4v) is 5.65. The number of hydrogen-bond acceptors (Lipinski definition) is 6. The minimum atomic E-state index is -1.98. The van der Waals surface area contributed by atoms with Crippen LogP contribution in [0.1, 0.15) is 79.0 Å². The Bertz CT molecular complexity index is 1460. The normalized spacial score (nSPS) is 12.7. The summed E-state index contributed by atoms with van der Waals surface area (Å²) >= 11 is 0. The molecule has 1 aromatic heterocycles. The molecule has 0 amide bonds. The number of methoxy groups -OCH3 is 1. The summed E-state index contributed by atoms with van der Waals surface area (Å²) in [7, 11) is -0.332. The molecular formula is C31H39O6P. The van der Waals surface area contributed by atoms with Crippen molar-refractivity contribution in [2.75, 3.05) is 7.11 Å². The van der Waals surface area contributed by atoms with Gasteiger partial charge in [0.2, 0.25) is 0 Å². The zero-order valence-electron chi connectivity index (χ0n) is 24.0. The van der Waals surface area contributed by atoms with Crippen molar-refractivity contribution >= 4 is 30.2 Å². The van der Waals surface area contributed by atoms with Crippen molar-refractivity contribution in [3.05, 3.63) is 59.2 Å². The Morgan fingerprint density at radius 2 is 1.08 bits per heavy atom. The second-order valence-electron chi connectivity index (χ2n) is 12.8. The molecule has 204 valence electrons. The van der Waals surface area contributed by atoms with Crippen LogP contribution < -0.4 is 9.26 Å². The van der Waals surface area contributed by atoms with Gasteiger partial charge in [0, 0.05) is 27.5 Å². The Balaban J connectivity index is 2.17. The van der Waals surface area contributed by atoms with Crippen molar-refractivity contribution in [2.24, 2.45) is 0 Å². The fraction of sp³-hybridized carbons (Fsp3) is 0.419. The van der Waals surface area contributed by atoms with Gasteiger partial charge in [-0.2, -0.15) is 0 Å². The van der Waals surface area contributed by atoms with E-state index in [9.17, 15) is 10.2 Å². The van der Waals surface area contributed by atoms with E-state index >= 15 is 0 Å². The maximum absolute atomic E-state index is 10.7. The van der Waals surface area contributed by atoms with E-state index in [1.165, 1.54) is 0 Å². The molecule has 4 aromatic rings. The lowest BCUT2D eigenvalue weighted by atomic mass is 9.84. The van der Waals surface area contributed by atoms with Crippen LogP contribution in [0.25, 0.3) is 21.9 Å². The van der Waals surface area contributed by atoms with Gasteiger partial charge in [-0.15, -0.1) is 0 Å². The Labute approximate surface area is 225 Å². The second kappa shape index (κ2) is 9.50. The molecule has 1 heterocycles. The number of rotatable bonds is 3. The van der Waals surface area contributed by atoms with Crippen molar-refractivity contribution in [1.82, 2.24) is 0 Å². The molecular weight excluding hydrogens is 499 g/mol. The molecule has 2 N–H and O–H groups in total. The van der Waals surface area contributed by atoms with Gasteiger partial charge < -0.3 is 27.9 Å². The van der Waals surface area contributed by atoms with Crippen molar-refractivity contribution in [2.45, 2.75) is 78.6 Å². The van der Waals surface area contributed by atoms with Gasteiger partial charge in [0.05, 0.1) is 7.11 Å². The molecule has 0 spiro atoms. The highest BCUT2D eigenvalue weighted by molar-refractivity contribution is 7.32. The lowest BCUT2D eigenvalue weighted by molar-refractivity contribution is 0.410. The van der Waals surface area contributed by atoms with E-state index in [-0.39, 0.29) is 27.7 Å². The molecule has 4 rings (SSSR count). The van der Waals surface area contributed by atoms with Gasteiger partial charge in [-0.05, 0) is 58.7 Å². The number of fused-ring (bicyclic) bond motifs is 3. The Morgan fingerprint density at radius 1 is 0.632 bits per heavy atom. The molecule has 0 saturated carbocycles. The van der Waals surface area contributed by atoms with Gasteiger partial charge in [0.1, 0.15) is 34.2 Å². The van der Waals surface area contributed by atoms with Gasteiger partial charge in [0.25, 0.3) is 0 Å². The summed E-state index contributed by atoms with van der Waals surface area (Å²) in [6.45, 7) is 18.7. The van der Waals surface area contributed by atoms with Crippen LogP contribution in [0.5, 0.6) is 23.0 Å². The van der Waals surface area contributed by atoms with Crippen LogP contribution in [0, 0.1) is 0 Å². The molecule has 0 atom stereocenters. The van der Waals surface area contributed by atoms with E-state index in [0.29, 0.717) is 27.7 Å². The number of benzene rings is 3. The molecule has 0 bridgehead atoms. The molecule has 7 heteroatoms. The molecule has 0 fully saturated rings. The van der Waals surface area contributed by atoms with Crippen LogP contribution >= 0.6 is 8.24 Å². The molecule has 0 aliphatic rings. The Kier molecular flexibility index (Phi) is 6.95. The Morgan fingerprint density at radius 3 is 1.47 bits per heavy atom. The number of aromatic hydroxyl groups is 2. The van der Waals surface area contributed by atoms with Gasteiger partial charge in [0.15, 0.2) is 0 Å². The van der Waals surface area contributed by atoms with Crippen molar-refractivity contribution in [3.63, 3.8) is 0 Å². The van der Waals surface area contributed by atoms with E-state index in [4.69, 9.17) is 17.7 Å². The molecule has 0 aliphatic heterocycles. The zero-order valence-corrected chi connectivity index (χ0v) is 24.9. The summed E-state index contributed by atoms with van der Waals surface area (Å²) in [4.78, 5) is 0. The summed E-state index contributed by atoms with van der Waals surface area (Å²) < 4.78 is 25.2. The van der Waals surface area contributed by atoms with E-state index in [1.807, 2.05) is 18.2 Å². The first-order chi connectivity index (χ1) is 17.5. The van der Waals surface area contributed by atoms with E-state index in [2.05, 4.69) is 62.3 Å². The summed E-state index contributed by atoms with van der Waals surface area (Å²) in [6.07, 6.45) is 0. The third-order valence-electron chi connectivity index (χ3n) is 6.55. The summed E-state index contributed by atoms with van der Waals surface area (Å²) in [5.74, 6) is 1.61. The van der Waals surface area contributed by atoms with Crippen LogP contribution in [-0.2, 0) is 16.2 Å². The smallest absolute Gasteiger partial charge is 0.453 e. The Hall–Kier alpha value is -3.24. The van der Waals surface area contributed by atoms with Crippen molar-refractivity contribution in [1.29, 1.82) is 0 Å². The lowest BCUT2D eigenvalue weighted by Crippen LogP contribution is -2.12. The number of phenolic OH excluding ortho intramolecular Hbond substituents is 2. The minimum absolute atomic E-state index is 0.112. The number of ether oxygens (including phenoxy) is 1. The minimum Gasteiger partial charge on any atom is -0.508 e. The van der Waals surface area contributed by atoms with E-state index in [1.54, 1.807) is 31.4 Å². The van der Waals surface area contributed by atoms with Crippen LogP contribution in [0.4, 0.5) is 0 Å². The topological polar surface area (TPSA) is 85.2 Å². The van der Waals surface area contributed by atoms with Crippen LogP contribution in [0.3, 0.4) is 0 Å². The quantitative estimate of drug-likeness (QED) is 0.270. The van der Waals surface area contributed by atoms with Gasteiger partial charge in [-0.3, -0.25) is 0 Å². The van der Waals surface area contributed by atoms with E-state index in [0.717, 1.165) is 22.4 Å². The summed E-state index contributed by atoms with van der Waals surface area (Å²) in [6, 6.07) is 12.5. The second-order valence-corrected chi connectivity index (χ2v) is 13.8. The molecule has 0 unspecified atom stereocenters. The molecule has 0 radical (unpaired) electrons. The summed E-state index contributed by atoms with van der Waals surface area (Å²) in [5.41, 5.74) is 2.78. The third-order valence-corrected chi connectivity index (χ3v) is 7.56. The van der Waals surface area contributed by atoms with Gasteiger partial charge in [-0.25, -0.2) is 0 Å². The predicted octanol–water partition coefficient (Wildman–Crippen LogP) is 9.44. The largest absolute Gasteiger partial charge is 0.508 e. The standard InChI is InChI=1S/C31H39O6P/c1-29(2,3)23-17-20(34-10)11-12-26(23)35-38-36-27-21(13-18(32)15-24(27)30(4,5)6)22-14-19(33)16-25(28(22)37-38)31(7,8)9/h11-17,32-33H,1-10H3. The van der Waals surface area contributed by atoms with E-state index < -0.39 is 8.24 Å². The van der Waals surface area contributed by atoms with Gasteiger partial charge in [-0.1, -0.05) is 62.3 Å². The molecule has 0 aliphatic carbocycles.